The van der Waals surface area contributed by atoms with E-state index in [1.54, 1.807) is 0 Å². The number of aromatic nitrogens is 1. The van der Waals surface area contributed by atoms with E-state index < -0.39 is 5.66 Å². The van der Waals surface area contributed by atoms with Crippen molar-refractivity contribution in [1.29, 1.82) is 5.41 Å². The molecular formula is C20H18N6. The van der Waals surface area contributed by atoms with Gasteiger partial charge in [-0.15, -0.1) is 0 Å². The van der Waals surface area contributed by atoms with Crippen LogP contribution < -0.4 is 21.7 Å². The minimum absolute atomic E-state index is 0.0301. The molecule has 1 fully saturated rings. The van der Waals surface area contributed by atoms with E-state index in [2.05, 4.69) is 20.3 Å². The first kappa shape index (κ1) is 15.2. The molecule has 26 heavy (non-hydrogen) atoms. The molecule has 5 rings (SSSR count). The van der Waals surface area contributed by atoms with Crippen LogP contribution in [0.1, 0.15) is 6.42 Å². The lowest BCUT2D eigenvalue weighted by atomic mass is 10.0. The van der Waals surface area contributed by atoms with E-state index in [1.165, 1.54) is 0 Å². The third-order valence-electron chi connectivity index (χ3n) is 4.80. The van der Waals surface area contributed by atoms with E-state index in [-0.39, 0.29) is 6.04 Å². The van der Waals surface area contributed by atoms with Gasteiger partial charge in [0.05, 0.1) is 22.8 Å². The Morgan fingerprint density at radius 2 is 1.65 bits per heavy atom. The van der Waals surface area contributed by atoms with Gasteiger partial charge in [0.1, 0.15) is 5.66 Å². The molecule has 2 unspecified atom stereocenters. The van der Waals surface area contributed by atoms with Crippen molar-refractivity contribution >= 4 is 29.3 Å². The molecule has 6 nitrogen and oxygen atoms in total. The van der Waals surface area contributed by atoms with Crippen molar-refractivity contribution in [2.24, 2.45) is 15.7 Å². The number of nitrogens with two attached hydrogens (primary N) is 1. The average molecular weight is 342 g/mol. The van der Waals surface area contributed by atoms with E-state index in [9.17, 15) is 0 Å². The number of hydrogen-bond acceptors (Lipinski definition) is 5. The van der Waals surface area contributed by atoms with Crippen LogP contribution in [0.5, 0.6) is 0 Å². The number of allylic oxidation sites excluding steroid dienone is 4. The molecule has 128 valence electrons. The molecule has 0 saturated carbocycles. The monoisotopic (exact) mass is 342 g/mol. The van der Waals surface area contributed by atoms with Crippen LogP contribution in [0.3, 0.4) is 0 Å². The molecule has 1 saturated heterocycles. The normalized spacial score (nSPS) is 29.0. The number of rotatable bonds is 0. The van der Waals surface area contributed by atoms with Gasteiger partial charge in [-0.25, -0.2) is 9.98 Å². The number of hydrogen-bond donors (Lipinski definition) is 4. The molecule has 4 aliphatic rings. The van der Waals surface area contributed by atoms with Crippen molar-refractivity contribution in [3.05, 3.63) is 70.7 Å². The molecule has 0 amide bonds. The highest BCUT2D eigenvalue weighted by atomic mass is 15.2. The molecule has 5 N–H and O–H groups in total. The summed E-state index contributed by atoms with van der Waals surface area (Å²) in [6, 6.07) is 4.01. The van der Waals surface area contributed by atoms with Crippen LogP contribution in [0, 0.1) is 5.41 Å². The Labute approximate surface area is 150 Å². The predicted octanol–water partition coefficient (Wildman–Crippen LogP) is 0.415. The minimum Gasteiger partial charge on any atom is -0.355 e. The van der Waals surface area contributed by atoms with E-state index in [0.29, 0.717) is 12.1 Å². The van der Waals surface area contributed by atoms with Gasteiger partial charge in [0.25, 0.3) is 0 Å². The summed E-state index contributed by atoms with van der Waals surface area (Å²) in [5.41, 5.74) is 9.29. The van der Waals surface area contributed by atoms with Crippen molar-refractivity contribution in [1.82, 2.24) is 10.3 Å². The lowest BCUT2D eigenvalue weighted by Gasteiger charge is -2.21. The van der Waals surface area contributed by atoms with Gasteiger partial charge in [-0.3, -0.25) is 5.32 Å². The summed E-state index contributed by atoms with van der Waals surface area (Å²) < 4.78 is 0. The van der Waals surface area contributed by atoms with Gasteiger partial charge in [-0.2, -0.15) is 0 Å². The number of fused-ring (bicyclic) bond motifs is 6. The zero-order chi connectivity index (χ0) is 17.7. The smallest absolute Gasteiger partial charge is 0.127 e. The largest absolute Gasteiger partial charge is 0.355 e. The second kappa shape index (κ2) is 5.45. The van der Waals surface area contributed by atoms with Gasteiger partial charge in [-0.1, -0.05) is 0 Å². The third-order valence-corrected chi connectivity index (χ3v) is 4.80. The van der Waals surface area contributed by atoms with Crippen LogP contribution in [0.25, 0.3) is 12.2 Å². The fourth-order valence-electron chi connectivity index (χ4n) is 3.54. The molecule has 8 bridgehead atoms. The van der Waals surface area contributed by atoms with Crippen molar-refractivity contribution in [2.75, 3.05) is 0 Å². The quantitative estimate of drug-likeness (QED) is 0.549. The SMILES string of the molecule is N=C1CC2C=C3C=CC(=N3)C=c3ccc([nH]3)=CC3=NC(=CC1(N)N2)C=C3. The summed E-state index contributed by atoms with van der Waals surface area (Å²) >= 11 is 0. The van der Waals surface area contributed by atoms with Crippen LogP contribution in [0.2, 0.25) is 0 Å². The van der Waals surface area contributed by atoms with Gasteiger partial charge in [0, 0.05) is 28.9 Å². The number of aliphatic imine (C=N–C) groups is 2. The Balaban J connectivity index is 1.68. The molecular weight excluding hydrogens is 324 g/mol. The lowest BCUT2D eigenvalue weighted by Crippen LogP contribution is -2.53. The third kappa shape index (κ3) is 2.65. The minimum atomic E-state index is -0.988. The summed E-state index contributed by atoms with van der Waals surface area (Å²) in [4.78, 5) is 12.6. The van der Waals surface area contributed by atoms with Crippen molar-refractivity contribution < 1.29 is 0 Å². The highest BCUT2D eigenvalue weighted by Gasteiger charge is 2.38. The maximum Gasteiger partial charge on any atom is 0.127 e. The first-order valence-electron chi connectivity index (χ1n) is 8.57. The number of nitrogens with zero attached hydrogens (tertiary/aromatic N) is 2. The molecule has 4 aliphatic heterocycles. The number of H-pyrrole nitrogens is 1. The summed E-state index contributed by atoms with van der Waals surface area (Å²) in [6.07, 6.45) is 16.2. The van der Waals surface area contributed by atoms with Gasteiger partial charge in [0.15, 0.2) is 0 Å². The van der Waals surface area contributed by atoms with Crippen LogP contribution in [0.15, 0.2) is 70.0 Å². The maximum atomic E-state index is 8.33. The van der Waals surface area contributed by atoms with E-state index in [0.717, 1.165) is 33.5 Å². The number of aromatic amines is 1. The Hall–Kier alpha value is -3.09. The molecule has 6 heteroatoms. The average Bonchev–Trinajstić information content (AvgIpc) is 3.33. The van der Waals surface area contributed by atoms with Crippen LogP contribution in [0.4, 0.5) is 0 Å². The molecule has 5 heterocycles. The fraction of sp³-hybridized carbons (Fsp3) is 0.150. The molecule has 1 aromatic rings. The lowest BCUT2D eigenvalue weighted by molar-refractivity contribution is 0.542. The highest BCUT2D eigenvalue weighted by Crippen LogP contribution is 2.23. The van der Waals surface area contributed by atoms with Crippen molar-refractivity contribution in [2.45, 2.75) is 18.1 Å². The highest BCUT2D eigenvalue weighted by molar-refractivity contribution is 6.20. The second-order valence-electron chi connectivity index (χ2n) is 6.86. The van der Waals surface area contributed by atoms with E-state index in [4.69, 9.17) is 11.1 Å². The van der Waals surface area contributed by atoms with Crippen molar-refractivity contribution in [3.63, 3.8) is 0 Å². The zero-order valence-corrected chi connectivity index (χ0v) is 14.0. The Morgan fingerprint density at radius 3 is 2.38 bits per heavy atom. The van der Waals surface area contributed by atoms with Gasteiger partial charge < -0.3 is 16.1 Å². The van der Waals surface area contributed by atoms with Crippen molar-refractivity contribution in [3.8, 4) is 0 Å². The predicted molar refractivity (Wildman–Crippen MR) is 104 cm³/mol. The Bertz CT molecular complexity index is 1120. The van der Waals surface area contributed by atoms with Gasteiger partial charge in [-0.05, 0) is 60.7 Å². The topological polar surface area (TPSA) is 102 Å². The van der Waals surface area contributed by atoms with Crippen LogP contribution >= 0.6 is 0 Å². The standard InChI is InChI=1S/C20H18N6/c21-19-10-18-9-16-4-3-13(24-16)7-12-1-2-14(23-12)8-15-5-6-17(25-15)11-20(19,22)26-18/h1-9,11,18,21,23,26H,10,22H2. The summed E-state index contributed by atoms with van der Waals surface area (Å²) in [5.74, 6) is 0. The molecule has 0 aromatic carbocycles. The molecule has 0 spiro atoms. The van der Waals surface area contributed by atoms with Crippen LogP contribution in [-0.4, -0.2) is 33.8 Å². The Morgan fingerprint density at radius 1 is 1.00 bits per heavy atom. The maximum absolute atomic E-state index is 8.33. The van der Waals surface area contributed by atoms with E-state index >= 15 is 0 Å². The molecule has 2 atom stereocenters. The van der Waals surface area contributed by atoms with Gasteiger partial charge in [0.2, 0.25) is 0 Å². The van der Waals surface area contributed by atoms with Gasteiger partial charge >= 0.3 is 0 Å². The number of nitrogens with one attached hydrogen (secondary N) is 3. The fourth-order valence-corrected chi connectivity index (χ4v) is 3.54. The van der Waals surface area contributed by atoms with Crippen LogP contribution in [-0.2, 0) is 0 Å². The summed E-state index contributed by atoms with van der Waals surface area (Å²) in [5, 5.41) is 13.6. The molecule has 0 aliphatic carbocycles. The zero-order valence-electron chi connectivity index (χ0n) is 14.0. The second-order valence-corrected chi connectivity index (χ2v) is 6.86. The first-order valence-corrected chi connectivity index (χ1v) is 8.57. The molecule has 0 radical (unpaired) electrons. The molecule has 1 aromatic heterocycles. The summed E-state index contributed by atoms with van der Waals surface area (Å²) in [6.45, 7) is 0. The summed E-state index contributed by atoms with van der Waals surface area (Å²) in [7, 11) is 0. The van der Waals surface area contributed by atoms with E-state index in [1.807, 2.05) is 60.7 Å². The first-order chi connectivity index (χ1) is 12.6. The Kier molecular flexibility index (Phi) is 3.19.